The zero-order valence-corrected chi connectivity index (χ0v) is 15.9. The van der Waals surface area contributed by atoms with Crippen LogP contribution in [0.25, 0.3) is 0 Å². The van der Waals surface area contributed by atoms with Gasteiger partial charge in [-0.1, -0.05) is 0 Å². The molecule has 2 aromatic rings. The largest absolute Gasteiger partial charge is 0.365 e. The van der Waals surface area contributed by atoms with Gasteiger partial charge in [0.2, 0.25) is 0 Å². The van der Waals surface area contributed by atoms with E-state index in [0.29, 0.717) is 12.0 Å². The third-order valence-electron chi connectivity index (χ3n) is 5.49. The average molecular weight is 356 g/mol. The van der Waals surface area contributed by atoms with E-state index in [1.54, 1.807) is 0 Å². The van der Waals surface area contributed by atoms with Crippen LogP contribution in [0.2, 0.25) is 0 Å². The third-order valence-corrected chi connectivity index (χ3v) is 5.49. The molecule has 0 unspecified atom stereocenters. The molecule has 2 aromatic heterocycles. The monoisotopic (exact) mass is 356 g/mol. The van der Waals surface area contributed by atoms with Crippen LogP contribution in [0, 0.1) is 6.92 Å². The summed E-state index contributed by atoms with van der Waals surface area (Å²) in [5.74, 6) is 2.75. The van der Waals surface area contributed by atoms with Gasteiger partial charge in [0, 0.05) is 36.9 Å². The maximum atomic E-state index is 12.7. The Morgan fingerprint density at radius 2 is 1.96 bits per heavy atom. The fourth-order valence-electron chi connectivity index (χ4n) is 3.93. The van der Waals surface area contributed by atoms with Crippen molar-refractivity contribution in [1.29, 1.82) is 0 Å². The van der Waals surface area contributed by atoms with Crippen molar-refractivity contribution < 1.29 is 4.79 Å². The Morgan fingerprint density at radius 1 is 1.23 bits per heavy atom. The number of likely N-dealkylation sites (tertiary alicyclic amines) is 1. The Labute approximate surface area is 154 Å². The molecule has 1 aliphatic heterocycles. The summed E-state index contributed by atoms with van der Waals surface area (Å²) in [6.45, 7) is 4.35. The number of H-pyrrole nitrogens is 1. The van der Waals surface area contributed by atoms with Gasteiger partial charge in [-0.25, -0.2) is 0 Å². The summed E-state index contributed by atoms with van der Waals surface area (Å²) in [5.41, 5.74) is 1.73. The van der Waals surface area contributed by atoms with Gasteiger partial charge < -0.3 is 19.4 Å². The Hall–Kier alpha value is -2.15. The number of hydrogen-bond acceptors (Lipinski definition) is 4. The van der Waals surface area contributed by atoms with Crippen LogP contribution in [0.3, 0.4) is 0 Å². The Morgan fingerprint density at radius 3 is 2.54 bits per heavy atom. The van der Waals surface area contributed by atoms with Crippen LogP contribution < -0.4 is 0 Å². The van der Waals surface area contributed by atoms with Crippen LogP contribution in [-0.4, -0.2) is 62.6 Å². The van der Waals surface area contributed by atoms with E-state index in [1.807, 2.05) is 24.1 Å². The van der Waals surface area contributed by atoms with Gasteiger partial charge >= 0.3 is 0 Å². The molecule has 0 aromatic carbocycles. The molecule has 140 valence electrons. The molecule has 0 radical (unpaired) electrons. The first-order valence-electron chi connectivity index (χ1n) is 9.56. The minimum Gasteiger partial charge on any atom is -0.365 e. The number of nitrogens with one attached hydrogen (secondary N) is 1. The molecule has 2 aliphatic rings. The number of piperidine rings is 1. The molecule has 7 nitrogen and oxygen atoms in total. The SMILES string of the molecule is Cc1[nH]ccc1C(=O)N1CCC(c2nnc(CN(C)C)n2C2CC2)CC1. The van der Waals surface area contributed by atoms with E-state index < -0.39 is 0 Å². The number of aromatic amines is 1. The minimum atomic E-state index is 0.138. The highest BCUT2D eigenvalue weighted by atomic mass is 16.2. The third kappa shape index (κ3) is 3.28. The molecule has 7 heteroatoms. The molecule has 1 N–H and O–H groups in total. The van der Waals surface area contributed by atoms with Gasteiger partial charge in [-0.05, 0) is 52.8 Å². The van der Waals surface area contributed by atoms with Crippen molar-refractivity contribution in [2.75, 3.05) is 27.2 Å². The summed E-state index contributed by atoms with van der Waals surface area (Å²) in [4.78, 5) is 19.9. The van der Waals surface area contributed by atoms with Gasteiger partial charge in [-0.15, -0.1) is 10.2 Å². The van der Waals surface area contributed by atoms with Crippen LogP contribution in [0.5, 0.6) is 0 Å². The molecule has 1 amide bonds. The summed E-state index contributed by atoms with van der Waals surface area (Å²) >= 11 is 0. The van der Waals surface area contributed by atoms with Crippen LogP contribution in [0.4, 0.5) is 0 Å². The van der Waals surface area contributed by atoms with E-state index in [9.17, 15) is 4.79 Å². The number of amides is 1. The van der Waals surface area contributed by atoms with Gasteiger partial charge in [0.1, 0.15) is 11.6 Å². The highest BCUT2D eigenvalue weighted by molar-refractivity contribution is 5.95. The lowest BCUT2D eigenvalue weighted by Gasteiger charge is -2.32. The smallest absolute Gasteiger partial charge is 0.255 e. The molecular formula is C19H28N6O. The van der Waals surface area contributed by atoms with Crippen LogP contribution in [0.15, 0.2) is 12.3 Å². The van der Waals surface area contributed by atoms with E-state index in [4.69, 9.17) is 0 Å². The molecule has 26 heavy (non-hydrogen) atoms. The van der Waals surface area contributed by atoms with Gasteiger partial charge in [-0.2, -0.15) is 0 Å². The van der Waals surface area contributed by atoms with Crippen LogP contribution >= 0.6 is 0 Å². The molecule has 0 bridgehead atoms. The summed E-state index contributed by atoms with van der Waals surface area (Å²) < 4.78 is 2.39. The Bertz CT molecular complexity index is 780. The van der Waals surface area contributed by atoms with E-state index in [1.165, 1.54) is 12.8 Å². The first-order chi connectivity index (χ1) is 12.5. The van der Waals surface area contributed by atoms with Gasteiger partial charge in [-0.3, -0.25) is 4.79 Å². The Kier molecular flexibility index (Phi) is 4.56. The van der Waals surface area contributed by atoms with E-state index in [2.05, 4.69) is 38.7 Å². The first-order valence-corrected chi connectivity index (χ1v) is 9.56. The fraction of sp³-hybridized carbons (Fsp3) is 0.632. The second kappa shape index (κ2) is 6.87. The molecule has 1 saturated heterocycles. The minimum absolute atomic E-state index is 0.138. The lowest BCUT2D eigenvalue weighted by Crippen LogP contribution is -2.38. The van der Waals surface area contributed by atoms with Crippen molar-refractivity contribution in [2.24, 2.45) is 0 Å². The maximum absolute atomic E-state index is 12.7. The van der Waals surface area contributed by atoms with E-state index in [0.717, 1.165) is 55.4 Å². The highest BCUT2D eigenvalue weighted by Gasteiger charge is 2.34. The van der Waals surface area contributed by atoms with Crippen LogP contribution in [0.1, 0.15) is 65.3 Å². The predicted octanol–water partition coefficient (Wildman–Crippen LogP) is 2.33. The van der Waals surface area contributed by atoms with Crippen molar-refractivity contribution in [1.82, 2.24) is 29.5 Å². The average Bonchev–Trinajstić information content (AvgIpc) is 3.24. The summed E-state index contributed by atoms with van der Waals surface area (Å²) in [6.07, 6.45) is 6.22. The zero-order chi connectivity index (χ0) is 18.3. The lowest BCUT2D eigenvalue weighted by atomic mass is 9.95. The maximum Gasteiger partial charge on any atom is 0.255 e. The van der Waals surface area contributed by atoms with E-state index >= 15 is 0 Å². The number of carbonyl (C=O) groups is 1. The highest BCUT2D eigenvalue weighted by Crippen LogP contribution is 2.40. The van der Waals surface area contributed by atoms with Crippen molar-refractivity contribution in [3.05, 3.63) is 35.2 Å². The predicted molar refractivity (Wildman–Crippen MR) is 99.1 cm³/mol. The van der Waals surface area contributed by atoms with Crippen molar-refractivity contribution in [2.45, 2.75) is 51.1 Å². The molecule has 0 atom stereocenters. The molecule has 3 heterocycles. The topological polar surface area (TPSA) is 70.1 Å². The van der Waals surface area contributed by atoms with Crippen LogP contribution in [-0.2, 0) is 6.54 Å². The second-order valence-electron chi connectivity index (χ2n) is 7.90. The number of aromatic nitrogens is 4. The Balaban J connectivity index is 1.46. The fourth-order valence-corrected chi connectivity index (χ4v) is 3.93. The molecule has 1 saturated carbocycles. The summed E-state index contributed by atoms with van der Waals surface area (Å²) in [6, 6.07) is 2.46. The number of carbonyl (C=O) groups excluding carboxylic acids is 1. The van der Waals surface area contributed by atoms with Gasteiger partial charge in [0.15, 0.2) is 0 Å². The normalized spacial score (nSPS) is 18.7. The van der Waals surface area contributed by atoms with Gasteiger partial charge in [0.05, 0.1) is 12.1 Å². The van der Waals surface area contributed by atoms with Gasteiger partial charge in [0.25, 0.3) is 5.91 Å². The van der Waals surface area contributed by atoms with Crippen molar-refractivity contribution in [3.63, 3.8) is 0 Å². The molecule has 1 aliphatic carbocycles. The number of aryl methyl sites for hydroxylation is 1. The lowest BCUT2D eigenvalue weighted by molar-refractivity contribution is 0.0709. The van der Waals surface area contributed by atoms with E-state index in [-0.39, 0.29) is 5.91 Å². The molecular weight excluding hydrogens is 328 g/mol. The van der Waals surface area contributed by atoms with Crippen molar-refractivity contribution in [3.8, 4) is 0 Å². The standard InChI is InChI=1S/C19H28N6O/c1-13-16(6-9-20-13)19(26)24-10-7-14(8-11-24)18-22-21-17(12-23(2)3)25(18)15-4-5-15/h6,9,14-15,20H,4-5,7-8,10-12H2,1-3H3. The second-order valence-corrected chi connectivity index (χ2v) is 7.90. The molecule has 4 rings (SSSR count). The summed E-state index contributed by atoms with van der Waals surface area (Å²) in [7, 11) is 4.14. The number of hydrogen-bond donors (Lipinski definition) is 1. The molecule has 0 spiro atoms. The number of nitrogens with zero attached hydrogens (tertiary/aromatic N) is 5. The van der Waals surface area contributed by atoms with Crippen molar-refractivity contribution >= 4 is 5.91 Å². The zero-order valence-electron chi connectivity index (χ0n) is 15.9. The molecule has 2 fully saturated rings. The quantitative estimate of drug-likeness (QED) is 0.893. The number of rotatable bonds is 5. The summed E-state index contributed by atoms with van der Waals surface area (Å²) in [5, 5.41) is 9.05. The first kappa shape index (κ1) is 17.3.